The molecular formula is C45H82O2. The van der Waals surface area contributed by atoms with Gasteiger partial charge in [-0.3, -0.25) is 4.79 Å². The molecular weight excluding hydrogens is 572 g/mol. The van der Waals surface area contributed by atoms with Gasteiger partial charge in [-0.25, -0.2) is 0 Å². The van der Waals surface area contributed by atoms with E-state index in [1.807, 2.05) is 0 Å². The zero-order valence-electron chi connectivity index (χ0n) is 32.9. The van der Waals surface area contributed by atoms with Crippen LogP contribution in [0.1, 0.15) is 215 Å². The summed E-state index contributed by atoms with van der Waals surface area (Å²) in [7, 11) is 0. The number of ether oxygens (including phenoxy) is 1. The van der Waals surface area contributed by atoms with E-state index >= 15 is 0 Å². The molecule has 274 valence electrons. The van der Waals surface area contributed by atoms with Crippen LogP contribution >= 0.6 is 0 Å². The first-order valence-corrected chi connectivity index (χ1v) is 21.8. The van der Waals surface area contributed by atoms with Crippen LogP contribution in [0.25, 0.3) is 0 Å². The van der Waals surface area contributed by atoms with E-state index in [0.29, 0.717) is 17.3 Å². The van der Waals surface area contributed by atoms with Crippen LogP contribution in [0, 0.1) is 58.2 Å². The van der Waals surface area contributed by atoms with Crippen LogP contribution in [-0.2, 0) is 9.53 Å². The standard InChI is InChI=1S/C45H82O2/c1-8-10-11-12-13-14-15-16-17-18-19-20-21-22-43(46)47-38-29-31-44(6)37(33-38)25-26-39-41-28-27-40(45(41,7)32-30-42(39)44)35(5)23-24-36(9-2)34(3)4/h34-42H,8-33H2,1-7H3/t35?,36-,37?,38?,39?,40+,41?,42?,44-,45+/m0/s1. The number of hydrogen-bond acceptors (Lipinski definition) is 2. The monoisotopic (exact) mass is 655 g/mol. The lowest BCUT2D eigenvalue weighted by molar-refractivity contribution is -0.162. The van der Waals surface area contributed by atoms with Gasteiger partial charge < -0.3 is 4.74 Å². The number of fused-ring (bicyclic) bond motifs is 5. The normalized spacial score (nSPS) is 34.8. The Morgan fingerprint density at radius 1 is 0.681 bits per heavy atom. The van der Waals surface area contributed by atoms with Crippen LogP contribution in [-0.4, -0.2) is 12.1 Å². The molecule has 2 nitrogen and oxygen atoms in total. The lowest BCUT2D eigenvalue weighted by atomic mass is 9.44. The minimum absolute atomic E-state index is 0.0913. The number of carbonyl (C=O) groups excluding carboxylic acids is 1. The highest BCUT2D eigenvalue weighted by molar-refractivity contribution is 5.69. The molecule has 47 heavy (non-hydrogen) atoms. The second-order valence-electron chi connectivity index (χ2n) is 18.7. The van der Waals surface area contributed by atoms with E-state index in [-0.39, 0.29) is 12.1 Å². The van der Waals surface area contributed by atoms with Crippen LogP contribution in [0.4, 0.5) is 0 Å². The van der Waals surface area contributed by atoms with Crippen molar-refractivity contribution in [1.29, 1.82) is 0 Å². The van der Waals surface area contributed by atoms with Crippen molar-refractivity contribution in [3.63, 3.8) is 0 Å². The molecule has 0 N–H and O–H groups in total. The average molecular weight is 655 g/mol. The molecule has 0 bridgehead atoms. The first kappa shape index (κ1) is 39.3. The van der Waals surface area contributed by atoms with Crippen molar-refractivity contribution < 1.29 is 9.53 Å². The maximum atomic E-state index is 12.8. The zero-order chi connectivity index (χ0) is 33.9. The fraction of sp³-hybridized carbons (Fsp3) is 0.978. The van der Waals surface area contributed by atoms with Gasteiger partial charge in [-0.15, -0.1) is 0 Å². The third-order valence-electron chi connectivity index (χ3n) is 15.6. The highest BCUT2D eigenvalue weighted by atomic mass is 16.5. The second kappa shape index (κ2) is 19.2. The summed E-state index contributed by atoms with van der Waals surface area (Å²) in [6.45, 7) is 17.6. The van der Waals surface area contributed by atoms with Gasteiger partial charge in [-0.05, 0) is 129 Å². The number of carbonyl (C=O) groups is 1. The van der Waals surface area contributed by atoms with Crippen LogP contribution in [0.15, 0.2) is 0 Å². The topological polar surface area (TPSA) is 26.3 Å². The summed E-state index contributed by atoms with van der Waals surface area (Å²) < 4.78 is 6.18. The van der Waals surface area contributed by atoms with Gasteiger partial charge in [-0.1, -0.05) is 138 Å². The first-order valence-electron chi connectivity index (χ1n) is 21.8. The summed E-state index contributed by atoms with van der Waals surface area (Å²) in [6, 6.07) is 0. The summed E-state index contributed by atoms with van der Waals surface area (Å²) in [5.74, 6) is 7.20. The molecule has 0 aromatic carbocycles. The Bertz CT molecular complexity index is 894. The van der Waals surface area contributed by atoms with Crippen molar-refractivity contribution in [3.8, 4) is 0 Å². The van der Waals surface area contributed by atoms with Gasteiger partial charge in [-0.2, -0.15) is 0 Å². The maximum Gasteiger partial charge on any atom is 0.306 e. The fourth-order valence-corrected chi connectivity index (χ4v) is 12.5. The van der Waals surface area contributed by atoms with E-state index in [0.717, 1.165) is 66.6 Å². The van der Waals surface area contributed by atoms with Gasteiger partial charge in [0, 0.05) is 6.42 Å². The van der Waals surface area contributed by atoms with E-state index < -0.39 is 0 Å². The second-order valence-corrected chi connectivity index (χ2v) is 18.7. The summed E-state index contributed by atoms with van der Waals surface area (Å²) in [4.78, 5) is 12.8. The molecule has 6 unspecified atom stereocenters. The molecule has 2 heteroatoms. The van der Waals surface area contributed by atoms with E-state index in [2.05, 4.69) is 48.5 Å². The van der Waals surface area contributed by atoms with Gasteiger partial charge in [0.15, 0.2) is 0 Å². The quantitative estimate of drug-likeness (QED) is 0.0909. The smallest absolute Gasteiger partial charge is 0.306 e. The van der Waals surface area contributed by atoms with Gasteiger partial charge >= 0.3 is 5.97 Å². The van der Waals surface area contributed by atoms with E-state index in [9.17, 15) is 4.79 Å². The molecule has 0 heterocycles. The van der Waals surface area contributed by atoms with Crippen LogP contribution < -0.4 is 0 Å². The highest BCUT2D eigenvalue weighted by Gasteiger charge is 2.60. The largest absolute Gasteiger partial charge is 0.462 e. The van der Waals surface area contributed by atoms with E-state index in [4.69, 9.17) is 4.74 Å². The SMILES string of the molecule is CCCCCCCCCCCCCCCC(=O)OC1CC[C@@]2(C)C(CCC3C2CC[C@@]2(C)C3CC[C@@H]2C(C)CC[C@H](CC)C(C)C)C1. The Balaban J connectivity index is 1.14. The molecule has 4 saturated carbocycles. The lowest BCUT2D eigenvalue weighted by Gasteiger charge is -2.61. The van der Waals surface area contributed by atoms with Gasteiger partial charge in [0.05, 0.1) is 0 Å². The van der Waals surface area contributed by atoms with E-state index in [1.165, 1.54) is 141 Å². The summed E-state index contributed by atoms with van der Waals surface area (Å²) in [5.41, 5.74) is 1.04. The molecule has 0 saturated heterocycles. The maximum absolute atomic E-state index is 12.8. The van der Waals surface area contributed by atoms with E-state index in [1.54, 1.807) is 0 Å². The summed E-state index contributed by atoms with van der Waals surface area (Å²) in [5, 5.41) is 0. The lowest BCUT2D eigenvalue weighted by Crippen LogP contribution is -2.54. The first-order chi connectivity index (χ1) is 22.6. The third-order valence-corrected chi connectivity index (χ3v) is 15.6. The van der Waals surface area contributed by atoms with Gasteiger partial charge in [0.25, 0.3) is 0 Å². The summed E-state index contributed by atoms with van der Waals surface area (Å²) in [6.07, 6.45) is 34.8. The molecule has 10 atom stereocenters. The molecule has 4 aliphatic carbocycles. The predicted molar refractivity (Wildman–Crippen MR) is 202 cm³/mol. The van der Waals surface area contributed by atoms with Crippen molar-refractivity contribution in [3.05, 3.63) is 0 Å². The average Bonchev–Trinajstić information content (AvgIpc) is 3.41. The molecule has 0 aliphatic heterocycles. The zero-order valence-corrected chi connectivity index (χ0v) is 32.9. The van der Waals surface area contributed by atoms with Crippen LogP contribution in [0.5, 0.6) is 0 Å². The predicted octanol–water partition coefficient (Wildman–Crippen LogP) is 14.1. The Labute approximate surface area is 294 Å². The molecule has 0 amide bonds. The Morgan fingerprint density at radius 2 is 1.28 bits per heavy atom. The summed E-state index contributed by atoms with van der Waals surface area (Å²) >= 11 is 0. The van der Waals surface area contributed by atoms with Crippen molar-refractivity contribution in [2.24, 2.45) is 58.2 Å². The molecule has 4 aliphatic rings. The number of rotatable bonds is 21. The van der Waals surface area contributed by atoms with Crippen molar-refractivity contribution >= 4 is 5.97 Å². The molecule has 0 spiro atoms. The third kappa shape index (κ3) is 10.3. The Morgan fingerprint density at radius 3 is 1.89 bits per heavy atom. The van der Waals surface area contributed by atoms with Crippen molar-refractivity contribution in [2.75, 3.05) is 0 Å². The van der Waals surface area contributed by atoms with Crippen molar-refractivity contribution in [1.82, 2.24) is 0 Å². The molecule has 4 fully saturated rings. The number of hydrogen-bond donors (Lipinski definition) is 0. The Hall–Kier alpha value is -0.530. The number of unbranched alkanes of at least 4 members (excludes halogenated alkanes) is 12. The minimum atomic E-state index is 0.0913. The minimum Gasteiger partial charge on any atom is -0.462 e. The fourth-order valence-electron chi connectivity index (χ4n) is 12.5. The number of esters is 1. The molecule has 0 aromatic rings. The van der Waals surface area contributed by atoms with Crippen LogP contribution in [0.3, 0.4) is 0 Å². The molecule has 4 rings (SSSR count). The van der Waals surface area contributed by atoms with Gasteiger partial charge in [0.2, 0.25) is 0 Å². The molecule has 0 radical (unpaired) electrons. The van der Waals surface area contributed by atoms with Crippen LogP contribution in [0.2, 0.25) is 0 Å². The Kier molecular flexibility index (Phi) is 16.0. The van der Waals surface area contributed by atoms with Gasteiger partial charge in [0.1, 0.15) is 6.10 Å². The highest BCUT2D eigenvalue weighted by Crippen LogP contribution is 2.68. The molecule has 0 aromatic heterocycles. The van der Waals surface area contributed by atoms with Crippen molar-refractivity contribution in [2.45, 2.75) is 222 Å².